The maximum atomic E-state index is 10.5. The van der Waals surface area contributed by atoms with Crippen LogP contribution >= 0.6 is 11.8 Å². The minimum absolute atomic E-state index is 0.654. The molecule has 0 radical (unpaired) electrons. The molecule has 2 aromatic rings. The molecular weight excluding hydrogens is 268 g/mol. The van der Waals surface area contributed by atoms with Crippen LogP contribution in [0.25, 0.3) is 0 Å². The minimum Gasteiger partial charge on any atom is -0.493 e. The number of hydrogen-bond donors (Lipinski definition) is 1. The van der Waals surface area contributed by atoms with Crippen LogP contribution in [-0.2, 0) is 0 Å². The molecule has 0 aliphatic heterocycles. The third kappa shape index (κ3) is 3.56. The highest BCUT2D eigenvalue weighted by Gasteiger charge is 2.15. The van der Waals surface area contributed by atoms with Crippen molar-refractivity contribution in [3.63, 3.8) is 0 Å². The number of ether oxygens (including phenoxy) is 1. The van der Waals surface area contributed by atoms with E-state index in [2.05, 4.69) is 6.92 Å². The van der Waals surface area contributed by atoms with E-state index >= 15 is 0 Å². The van der Waals surface area contributed by atoms with Gasteiger partial charge in [0.25, 0.3) is 0 Å². The van der Waals surface area contributed by atoms with Crippen molar-refractivity contribution in [2.45, 2.75) is 24.3 Å². The van der Waals surface area contributed by atoms with Crippen LogP contribution in [0.2, 0.25) is 0 Å². The molecule has 2 aromatic carbocycles. The van der Waals surface area contributed by atoms with E-state index in [1.807, 2.05) is 54.8 Å². The van der Waals surface area contributed by atoms with Crippen LogP contribution in [0.1, 0.15) is 30.6 Å². The molecule has 0 aromatic heterocycles. The van der Waals surface area contributed by atoms with Crippen molar-refractivity contribution in [1.29, 1.82) is 0 Å². The molecule has 106 valence electrons. The van der Waals surface area contributed by atoms with E-state index in [9.17, 15) is 5.11 Å². The lowest BCUT2D eigenvalue weighted by Gasteiger charge is -2.16. The molecule has 0 spiro atoms. The van der Waals surface area contributed by atoms with Crippen LogP contribution in [0, 0.1) is 0 Å². The molecule has 0 aliphatic rings. The van der Waals surface area contributed by atoms with Gasteiger partial charge in [0.1, 0.15) is 11.9 Å². The van der Waals surface area contributed by atoms with E-state index in [1.165, 1.54) is 4.90 Å². The predicted octanol–water partition coefficient (Wildman–Crippen LogP) is 4.28. The van der Waals surface area contributed by atoms with Crippen molar-refractivity contribution in [1.82, 2.24) is 0 Å². The third-order valence-corrected chi connectivity index (χ3v) is 3.85. The minimum atomic E-state index is -0.654. The standard InChI is InChI=1S/C17H20O2S/c1-3-12-19-16-7-5-4-6-15(16)17(18)13-8-10-14(20-2)11-9-13/h4-11,17-18H,3,12H2,1-2H3. The molecule has 1 atom stereocenters. The van der Waals surface area contributed by atoms with Gasteiger partial charge in [0.2, 0.25) is 0 Å². The molecule has 0 saturated heterocycles. The fourth-order valence-electron chi connectivity index (χ4n) is 2.02. The van der Waals surface area contributed by atoms with Gasteiger partial charge in [-0.05, 0) is 36.4 Å². The molecule has 0 amide bonds. The molecule has 2 rings (SSSR count). The Labute approximate surface area is 124 Å². The number of rotatable bonds is 6. The second-order valence-electron chi connectivity index (χ2n) is 4.56. The Morgan fingerprint density at radius 1 is 1.10 bits per heavy atom. The van der Waals surface area contributed by atoms with Gasteiger partial charge in [-0.3, -0.25) is 0 Å². The highest BCUT2D eigenvalue weighted by molar-refractivity contribution is 7.98. The van der Waals surface area contributed by atoms with Crippen molar-refractivity contribution in [2.24, 2.45) is 0 Å². The molecule has 20 heavy (non-hydrogen) atoms. The number of benzene rings is 2. The van der Waals surface area contributed by atoms with Crippen molar-refractivity contribution >= 4 is 11.8 Å². The lowest BCUT2D eigenvalue weighted by atomic mass is 10.0. The van der Waals surface area contributed by atoms with E-state index < -0.39 is 6.10 Å². The summed E-state index contributed by atoms with van der Waals surface area (Å²) in [6.07, 6.45) is 2.34. The summed E-state index contributed by atoms with van der Waals surface area (Å²) in [4.78, 5) is 1.19. The first-order chi connectivity index (χ1) is 9.76. The number of thioether (sulfide) groups is 1. The quantitative estimate of drug-likeness (QED) is 0.805. The SMILES string of the molecule is CCCOc1ccccc1C(O)c1ccc(SC)cc1. The second-order valence-corrected chi connectivity index (χ2v) is 5.44. The summed E-state index contributed by atoms with van der Waals surface area (Å²) >= 11 is 1.69. The van der Waals surface area contributed by atoms with Gasteiger partial charge in [-0.25, -0.2) is 0 Å². The Balaban J connectivity index is 2.24. The Bertz CT molecular complexity index is 537. The fraction of sp³-hybridized carbons (Fsp3) is 0.294. The van der Waals surface area contributed by atoms with Crippen LogP contribution < -0.4 is 4.74 Å². The van der Waals surface area contributed by atoms with Crippen LogP contribution in [0.15, 0.2) is 53.4 Å². The highest BCUT2D eigenvalue weighted by atomic mass is 32.2. The summed E-state index contributed by atoms with van der Waals surface area (Å²) in [6.45, 7) is 2.73. The summed E-state index contributed by atoms with van der Waals surface area (Å²) in [7, 11) is 0. The number of aliphatic hydroxyl groups is 1. The van der Waals surface area contributed by atoms with Gasteiger partial charge >= 0.3 is 0 Å². The Morgan fingerprint density at radius 3 is 2.45 bits per heavy atom. The van der Waals surface area contributed by atoms with E-state index in [0.29, 0.717) is 6.61 Å². The fourth-order valence-corrected chi connectivity index (χ4v) is 2.42. The van der Waals surface area contributed by atoms with E-state index in [0.717, 1.165) is 23.3 Å². The normalized spacial score (nSPS) is 12.2. The zero-order valence-corrected chi connectivity index (χ0v) is 12.7. The predicted molar refractivity (Wildman–Crippen MR) is 84.5 cm³/mol. The summed E-state index contributed by atoms with van der Waals surface area (Å²) < 4.78 is 5.71. The highest BCUT2D eigenvalue weighted by Crippen LogP contribution is 2.30. The van der Waals surface area contributed by atoms with Gasteiger partial charge in [-0.1, -0.05) is 37.3 Å². The van der Waals surface area contributed by atoms with Crippen molar-refractivity contribution < 1.29 is 9.84 Å². The first-order valence-electron chi connectivity index (χ1n) is 6.80. The lowest BCUT2D eigenvalue weighted by Crippen LogP contribution is -2.04. The summed E-state index contributed by atoms with van der Waals surface area (Å²) in [5, 5.41) is 10.5. The smallest absolute Gasteiger partial charge is 0.125 e. The molecule has 0 saturated carbocycles. The molecule has 0 heterocycles. The molecular formula is C17H20O2S. The average Bonchev–Trinajstić information content (AvgIpc) is 2.52. The van der Waals surface area contributed by atoms with Gasteiger partial charge in [-0.15, -0.1) is 11.8 Å². The molecule has 0 aliphatic carbocycles. The Hall–Kier alpha value is -1.45. The third-order valence-electron chi connectivity index (χ3n) is 3.11. The van der Waals surface area contributed by atoms with Gasteiger partial charge in [-0.2, -0.15) is 0 Å². The van der Waals surface area contributed by atoms with E-state index in [4.69, 9.17) is 4.74 Å². The van der Waals surface area contributed by atoms with E-state index in [-0.39, 0.29) is 0 Å². The molecule has 1 N–H and O–H groups in total. The van der Waals surface area contributed by atoms with Crippen molar-refractivity contribution in [2.75, 3.05) is 12.9 Å². The van der Waals surface area contributed by atoms with Gasteiger partial charge in [0.15, 0.2) is 0 Å². The van der Waals surface area contributed by atoms with Crippen LogP contribution in [-0.4, -0.2) is 18.0 Å². The average molecular weight is 288 g/mol. The summed E-state index contributed by atoms with van der Waals surface area (Å²) in [5.74, 6) is 0.760. The monoisotopic (exact) mass is 288 g/mol. The molecule has 0 fully saturated rings. The van der Waals surface area contributed by atoms with Gasteiger partial charge < -0.3 is 9.84 Å². The number of hydrogen-bond acceptors (Lipinski definition) is 3. The Kier molecular flexibility index (Phi) is 5.50. The van der Waals surface area contributed by atoms with E-state index in [1.54, 1.807) is 11.8 Å². The molecule has 2 nitrogen and oxygen atoms in total. The lowest BCUT2D eigenvalue weighted by molar-refractivity contribution is 0.210. The molecule has 3 heteroatoms. The largest absolute Gasteiger partial charge is 0.493 e. The van der Waals surface area contributed by atoms with Crippen molar-refractivity contribution in [3.05, 3.63) is 59.7 Å². The number of para-hydroxylation sites is 1. The molecule has 0 bridgehead atoms. The zero-order valence-electron chi connectivity index (χ0n) is 11.9. The summed E-state index contributed by atoms with van der Waals surface area (Å²) in [6, 6.07) is 15.7. The van der Waals surface area contributed by atoms with Crippen molar-refractivity contribution in [3.8, 4) is 5.75 Å². The van der Waals surface area contributed by atoms with Gasteiger partial charge in [0.05, 0.1) is 6.61 Å². The molecule has 1 unspecified atom stereocenters. The maximum absolute atomic E-state index is 10.5. The zero-order chi connectivity index (χ0) is 14.4. The topological polar surface area (TPSA) is 29.5 Å². The summed E-state index contributed by atoms with van der Waals surface area (Å²) in [5.41, 5.74) is 1.70. The maximum Gasteiger partial charge on any atom is 0.125 e. The van der Waals surface area contributed by atoms with Crippen LogP contribution in [0.5, 0.6) is 5.75 Å². The second kappa shape index (κ2) is 7.36. The first-order valence-corrected chi connectivity index (χ1v) is 8.02. The number of aliphatic hydroxyl groups excluding tert-OH is 1. The van der Waals surface area contributed by atoms with Crippen LogP contribution in [0.3, 0.4) is 0 Å². The first kappa shape index (κ1) is 14.9. The van der Waals surface area contributed by atoms with Gasteiger partial charge in [0, 0.05) is 10.5 Å². The Morgan fingerprint density at radius 2 is 1.80 bits per heavy atom. The van der Waals surface area contributed by atoms with Crippen LogP contribution in [0.4, 0.5) is 0 Å².